The molecule has 11 rings (SSSR count). The number of furan rings is 1. The Hall–Kier alpha value is -7.80. The van der Waals surface area contributed by atoms with Crippen LogP contribution in [0.4, 0.5) is 0 Å². The molecule has 0 bridgehead atoms. The average molecular weight is 801 g/mol. The third-order valence-electron chi connectivity index (χ3n) is 11.3. The Bertz CT molecular complexity index is 3420. The minimum absolute atomic E-state index is 0.635. The molecule has 288 valence electrons. The van der Waals surface area contributed by atoms with Crippen LogP contribution in [0.5, 0.6) is 0 Å². The maximum absolute atomic E-state index is 6.24. The second-order valence-electron chi connectivity index (χ2n) is 15.0. The average Bonchev–Trinajstić information content (AvgIpc) is 3.90. The van der Waals surface area contributed by atoms with Crippen LogP contribution in [-0.4, -0.2) is 19.9 Å². The maximum atomic E-state index is 6.24. The first-order chi connectivity index (χ1) is 30.1. The number of hydrogen-bond acceptors (Lipinski definition) is 6. The third-order valence-corrected chi connectivity index (χ3v) is 12.4. The van der Waals surface area contributed by atoms with E-state index in [4.69, 9.17) is 24.4 Å². The van der Waals surface area contributed by atoms with Gasteiger partial charge in [-0.25, -0.2) is 19.9 Å². The van der Waals surface area contributed by atoms with Gasteiger partial charge in [0.2, 0.25) is 0 Å². The van der Waals surface area contributed by atoms with Crippen LogP contribution in [0.15, 0.2) is 187 Å². The van der Waals surface area contributed by atoms with Gasteiger partial charge in [0, 0.05) is 54.1 Å². The van der Waals surface area contributed by atoms with Crippen molar-refractivity contribution in [2.24, 2.45) is 0 Å². The highest BCUT2D eigenvalue weighted by atomic mass is 32.1. The van der Waals surface area contributed by atoms with Gasteiger partial charge in [-0.3, -0.25) is 0 Å². The molecule has 4 aromatic heterocycles. The zero-order valence-electron chi connectivity index (χ0n) is 33.2. The summed E-state index contributed by atoms with van der Waals surface area (Å²) < 4.78 is 8.66. The van der Waals surface area contributed by atoms with Gasteiger partial charge in [0.25, 0.3) is 0 Å². The van der Waals surface area contributed by atoms with Crippen LogP contribution in [0.25, 0.3) is 122 Å². The number of nitrogens with zero attached hydrogens (tertiary/aromatic N) is 4. The molecule has 7 aromatic carbocycles. The zero-order valence-corrected chi connectivity index (χ0v) is 34.0. The first kappa shape index (κ1) is 36.3. The SMILES string of the molecule is C=Cc1oc2cc(-c3ccc4nc(-c5ccc(-c6ccc(-c7nc(-c8ccccc8)nc(-c8ccccc8)n7)cc6)cc5)c5sc6ccccc6c5c4c3)ccc2c1/C=C\C. The number of rotatable bonds is 8. The molecule has 0 aliphatic rings. The Morgan fingerprint density at radius 3 is 1.67 bits per heavy atom. The lowest BCUT2D eigenvalue weighted by atomic mass is 9.97. The Balaban J connectivity index is 0.948. The summed E-state index contributed by atoms with van der Waals surface area (Å²) in [6.07, 6.45) is 5.88. The van der Waals surface area contributed by atoms with Crippen molar-refractivity contribution in [1.29, 1.82) is 0 Å². The smallest absolute Gasteiger partial charge is 0.164 e. The second kappa shape index (κ2) is 15.1. The summed E-state index contributed by atoms with van der Waals surface area (Å²) in [5, 5.41) is 4.68. The fraction of sp³-hybridized carbons (Fsp3) is 0.0182. The molecular weight excluding hydrogens is 765 g/mol. The van der Waals surface area contributed by atoms with Crippen molar-refractivity contribution in [3.63, 3.8) is 0 Å². The van der Waals surface area contributed by atoms with Crippen LogP contribution in [0.3, 0.4) is 0 Å². The van der Waals surface area contributed by atoms with Gasteiger partial charge in [0.15, 0.2) is 17.5 Å². The summed E-state index contributed by atoms with van der Waals surface area (Å²) in [7, 11) is 0. The van der Waals surface area contributed by atoms with Crippen LogP contribution in [-0.2, 0) is 0 Å². The fourth-order valence-corrected chi connectivity index (χ4v) is 9.46. The Morgan fingerprint density at radius 2 is 1.03 bits per heavy atom. The van der Waals surface area contributed by atoms with Gasteiger partial charge in [-0.15, -0.1) is 11.3 Å². The van der Waals surface area contributed by atoms with Crippen molar-refractivity contribution in [2.45, 2.75) is 6.92 Å². The number of benzene rings is 7. The summed E-state index contributed by atoms with van der Waals surface area (Å²) in [4.78, 5) is 20.0. The van der Waals surface area contributed by atoms with E-state index in [1.807, 2.05) is 73.7 Å². The Labute approximate surface area is 356 Å². The number of pyridine rings is 1. The van der Waals surface area contributed by atoms with Crippen LogP contribution in [0.2, 0.25) is 0 Å². The van der Waals surface area contributed by atoms with Crippen LogP contribution in [0.1, 0.15) is 18.2 Å². The molecule has 0 saturated carbocycles. The van der Waals surface area contributed by atoms with Gasteiger partial charge in [-0.1, -0.05) is 158 Å². The molecular formula is C55H36N4OS. The lowest BCUT2D eigenvalue weighted by Gasteiger charge is -2.11. The monoisotopic (exact) mass is 800 g/mol. The molecule has 0 aliphatic carbocycles. The van der Waals surface area contributed by atoms with Crippen molar-refractivity contribution in [3.8, 4) is 67.7 Å². The van der Waals surface area contributed by atoms with Crippen molar-refractivity contribution in [2.75, 3.05) is 0 Å². The highest BCUT2D eigenvalue weighted by molar-refractivity contribution is 7.26. The van der Waals surface area contributed by atoms with Gasteiger partial charge in [-0.2, -0.15) is 0 Å². The summed E-state index contributed by atoms with van der Waals surface area (Å²) >= 11 is 1.80. The minimum Gasteiger partial charge on any atom is -0.456 e. The van der Waals surface area contributed by atoms with E-state index < -0.39 is 0 Å². The van der Waals surface area contributed by atoms with E-state index in [-0.39, 0.29) is 0 Å². The van der Waals surface area contributed by atoms with E-state index in [1.54, 1.807) is 17.4 Å². The molecule has 0 N–H and O–H groups in total. The number of thiophene rings is 1. The number of aromatic nitrogens is 4. The molecule has 0 spiro atoms. The zero-order chi connectivity index (χ0) is 40.9. The fourth-order valence-electron chi connectivity index (χ4n) is 8.24. The van der Waals surface area contributed by atoms with Gasteiger partial charge in [0.05, 0.1) is 15.9 Å². The Morgan fingerprint density at radius 1 is 0.492 bits per heavy atom. The molecule has 0 aliphatic heterocycles. The van der Waals surface area contributed by atoms with Crippen LogP contribution in [0, 0.1) is 0 Å². The van der Waals surface area contributed by atoms with E-state index in [0.717, 1.165) is 83.4 Å². The van der Waals surface area contributed by atoms with Crippen molar-refractivity contribution in [1.82, 2.24) is 19.9 Å². The third kappa shape index (κ3) is 6.51. The minimum atomic E-state index is 0.635. The maximum Gasteiger partial charge on any atom is 0.164 e. The molecule has 4 heterocycles. The van der Waals surface area contributed by atoms with Crippen molar-refractivity contribution >= 4 is 65.5 Å². The molecule has 11 aromatic rings. The first-order valence-corrected chi connectivity index (χ1v) is 21.1. The lowest BCUT2D eigenvalue weighted by molar-refractivity contribution is 0.603. The second-order valence-corrected chi connectivity index (χ2v) is 16.0. The standard InChI is InChI=1S/C55H36N4OS/c1-3-13-42-43-30-28-41(33-48(43)60-47(42)4-2)40-29-31-46-45(32-40)50-44-18-11-12-19-49(44)61-52(50)51(56-46)36-24-20-34(21-25-36)35-22-26-39(27-23-35)55-58-53(37-14-7-5-8-15-37)57-54(59-55)38-16-9-6-10-17-38/h3-33H,2H2,1H3/b13-3-. The van der Waals surface area contributed by atoms with E-state index in [0.29, 0.717) is 17.5 Å². The molecule has 61 heavy (non-hydrogen) atoms. The van der Waals surface area contributed by atoms with E-state index in [9.17, 15) is 0 Å². The van der Waals surface area contributed by atoms with Crippen molar-refractivity contribution in [3.05, 3.63) is 194 Å². The number of fused-ring (bicyclic) bond motifs is 6. The Kier molecular flexibility index (Phi) is 8.98. The molecule has 0 fully saturated rings. The number of hydrogen-bond donors (Lipinski definition) is 0. The summed E-state index contributed by atoms with van der Waals surface area (Å²) in [5.74, 6) is 2.71. The normalized spacial score (nSPS) is 11.7. The summed E-state index contributed by atoms with van der Waals surface area (Å²) in [5.41, 5.74) is 12.2. The van der Waals surface area contributed by atoms with Gasteiger partial charge >= 0.3 is 0 Å². The van der Waals surface area contributed by atoms with Crippen molar-refractivity contribution < 1.29 is 4.42 Å². The summed E-state index contributed by atoms with van der Waals surface area (Å²) in [6, 6.07) is 59.1. The molecule has 0 radical (unpaired) electrons. The number of allylic oxidation sites excluding steroid dienone is 1. The molecule has 5 nitrogen and oxygen atoms in total. The van der Waals surface area contributed by atoms with E-state index in [2.05, 4.69) is 122 Å². The highest BCUT2D eigenvalue weighted by Gasteiger charge is 2.18. The lowest BCUT2D eigenvalue weighted by Crippen LogP contribution is -2.00. The van der Waals surface area contributed by atoms with Crippen LogP contribution < -0.4 is 0 Å². The first-order valence-electron chi connectivity index (χ1n) is 20.3. The summed E-state index contributed by atoms with van der Waals surface area (Å²) in [6.45, 7) is 5.99. The van der Waals surface area contributed by atoms with Gasteiger partial charge in [-0.05, 0) is 65.6 Å². The predicted molar refractivity (Wildman–Crippen MR) is 255 cm³/mol. The highest BCUT2D eigenvalue weighted by Crippen LogP contribution is 2.44. The topological polar surface area (TPSA) is 64.7 Å². The molecule has 6 heteroatoms. The molecule has 0 unspecified atom stereocenters. The van der Waals surface area contributed by atoms with E-state index >= 15 is 0 Å². The predicted octanol–water partition coefficient (Wildman–Crippen LogP) is 15.2. The van der Waals surface area contributed by atoms with Gasteiger partial charge < -0.3 is 4.42 Å². The van der Waals surface area contributed by atoms with Gasteiger partial charge in [0.1, 0.15) is 11.3 Å². The van der Waals surface area contributed by atoms with E-state index in [1.165, 1.54) is 20.2 Å². The van der Waals surface area contributed by atoms with Crippen LogP contribution >= 0.6 is 11.3 Å². The quantitative estimate of drug-likeness (QED) is 0.153. The largest absolute Gasteiger partial charge is 0.456 e. The molecule has 0 amide bonds. The molecule has 0 atom stereocenters. The molecule has 0 saturated heterocycles.